The van der Waals surface area contributed by atoms with Gasteiger partial charge in [-0.3, -0.25) is 9.79 Å². The van der Waals surface area contributed by atoms with Crippen LogP contribution in [0.5, 0.6) is 0 Å². The van der Waals surface area contributed by atoms with Crippen LogP contribution in [0.4, 0.5) is 5.95 Å². The normalized spacial score (nSPS) is 15.9. The molecule has 2 heterocycles. The molecule has 0 saturated heterocycles. The maximum absolute atomic E-state index is 12.0. The number of hydrogen-bond donors (Lipinski definition) is 1. The van der Waals surface area contributed by atoms with E-state index in [1.54, 1.807) is 0 Å². The van der Waals surface area contributed by atoms with Crippen LogP contribution in [0.25, 0.3) is 0 Å². The number of benzene rings is 1. The lowest BCUT2D eigenvalue weighted by Crippen LogP contribution is -2.12. The van der Waals surface area contributed by atoms with E-state index in [2.05, 4.69) is 25.3 Å². The molecule has 144 valence electrons. The molecular weight excluding hydrogens is 370 g/mol. The maximum atomic E-state index is 12.0. The van der Waals surface area contributed by atoms with Gasteiger partial charge in [-0.05, 0) is 60.9 Å². The molecule has 0 atom stereocenters. The molecule has 0 radical (unpaired) electrons. The van der Waals surface area contributed by atoms with E-state index in [1.807, 2.05) is 44.2 Å². The molecule has 1 N–H and O–H groups in total. The largest absolute Gasteiger partial charge is 0.309 e. The van der Waals surface area contributed by atoms with Crippen molar-refractivity contribution in [2.45, 2.75) is 49.6 Å². The zero-order chi connectivity index (χ0) is 19.5. The Morgan fingerprint density at radius 3 is 2.61 bits per heavy atom. The van der Waals surface area contributed by atoms with Crippen LogP contribution in [0.15, 0.2) is 51.0 Å². The highest BCUT2D eigenvalue weighted by Gasteiger charge is 2.28. The Morgan fingerprint density at radius 1 is 1.18 bits per heavy atom. The van der Waals surface area contributed by atoms with Gasteiger partial charge in [0.1, 0.15) is 17.4 Å². The van der Waals surface area contributed by atoms with E-state index in [-0.39, 0.29) is 0 Å². The zero-order valence-corrected chi connectivity index (χ0v) is 16.9. The predicted molar refractivity (Wildman–Crippen MR) is 111 cm³/mol. The van der Waals surface area contributed by atoms with Gasteiger partial charge in [-0.1, -0.05) is 19.1 Å². The molecule has 0 bridgehead atoms. The van der Waals surface area contributed by atoms with E-state index >= 15 is 0 Å². The SMILES string of the molecule is CCc1nc(NC2=NCC(C)=C2)nc(Sc2ccc(CC(=O)C3CC3)cc2)n1. The minimum absolute atomic E-state index is 0.306. The fraction of sp³-hybridized carbons (Fsp3) is 0.381. The molecule has 1 aliphatic carbocycles. The monoisotopic (exact) mass is 393 g/mol. The van der Waals surface area contributed by atoms with Crippen LogP contribution < -0.4 is 5.32 Å². The molecule has 0 spiro atoms. The summed E-state index contributed by atoms with van der Waals surface area (Å²) >= 11 is 1.49. The summed E-state index contributed by atoms with van der Waals surface area (Å²) in [6.45, 7) is 4.79. The van der Waals surface area contributed by atoms with E-state index in [4.69, 9.17) is 0 Å². The molecular formula is C21H23N5OS. The maximum Gasteiger partial charge on any atom is 0.232 e. The zero-order valence-electron chi connectivity index (χ0n) is 16.1. The number of aliphatic imine (C=N–C) groups is 1. The number of ketones is 1. The number of nitrogens with zero attached hydrogens (tertiary/aromatic N) is 4. The van der Waals surface area contributed by atoms with Crippen molar-refractivity contribution in [1.82, 2.24) is 15.0 Å². The summed E-state index contributed by atoms with van der Waals surface area (Å²) in [5, 5.41) is 3.83. The molecule has 6 nitrogen and oxygen atoms in total. The fourth-order valence-corrected chi connectivity index (χ4v) is 3.68. The number of carbonyl (C=O) groups is 1. The first-order valence-corrected chi connectivity index (χ1v) is 10.4. The van der Waals surface area contributed by atoms with Crippen molar-refractivity contribution >= 4 is 29.3 Å². The summed E-state index contributed by atoms with van der Waals surface area (Å²) < 4.78 is 0. The van der Waals surface area contributed by atoms with E-state index in [9.17, 15) is 4.79 Å². The lowest BCUT2D eigenvalue weighted by Gasteiger charge is -2.08. The highest BCUT2D eigenvalue weighted by Crippen LogP contribution is 2.31. The second-order valence-corrected chi connectivity index (χ2v) is 8.23. The van der Waals surface area contributed by atoms with Crippen molar-refractivity contribution in [3.8, 4) is 0 Å². The van der Waals surface area contributed by atoms with Crippen LogP contribution in [0.3, 0.4) is 0 Å². The summed E-state index contributed by atoms with van der Waals surface area (Å²) in [6.07, 6.45) is 5.39. The van der Waals surface area contributed by atoms with Crippen molar-refractivity contribution < 1.29 is 4.79 Å². The number of aryl methyl sites for hydroxylation is 1. The summed E-state index contributed by atoms with van der Waals surface area (Å²) in [5.41, 5.74) is 2.28. The van der Waals surface area contributed by atoms with Gasteiger partial charge in [0.15, 0.2) is 5.16 Å². The van der Waals surface area contributed by atoms with Gasteiger partial charge in [0.05, 0.1) is 6.54 Å². The minimum Gasteiger partial charge on any atom is -0.309 e. The number of rotatable bonds is 7. The Hall–Kier alpha value is -2.54. The third-order valence-electron chi connectivity index (χ3n) is 4.64. The molecule has 1 saturated carbocycles. The van der Waals surface area contributed by atoms with Gasteiger partial charge in [-0.15, -0.1) is 0 Å². The topological polar surface area (TPSA) is 80.1 Å². The van der Waals surface area contributed by atoms with Gasteiger partial charge in [-0.25, -0.2) is 4.98 Å². The molecule has 2 aliphatic rings. The van der Waals surface area contributed by atoms with Crippen LogP contribution in [0.1, 0.15) is 38.1 Å². The van der Waals surface area contributed by atoms with Gasteiger partial charge in [0, 0.05) is 23.7 Å². The first-order chi connectivity index (χ1) is 13.6. The Balaban J connectivity index is 1.45. The van der Waals surface area contributed by atoms with E-state index in [1.165, 1.54) is 17.3 Å². The highest BCUT2D eigenvalue weighted by atomic mass is 32.2. The van der Waals surface area contributed by atoms with Gasteiger partial charge in [0.2, 0.25) is 5.95 Å². The second-order valence-electron chi connectivity index (χ2n) is 7.19. The summed E-state index contributed by atoms with van der Waals surface area (Å²) in [6, 6.07) is 8.08. The molecule has 1 aliphatic heterocycles. The van der Waals surface area contributed by atoms with Gasteiger partial charge < -0.3 is 5.32 Å². The van der Waals surface area contributed by atoms with Crippen molar-refractivity contribution in [3.05, 3.63) is 47.3 Å². The molecule has 4 rings (SSSR count). The molecule has 1 aromatic carbocycles. The Morgan fingerprint density at radius 2 is 1.96 bits per heavy atom. The first kappa shape index (κ1) is 18.8. The lowest BCUT2D eigenvalue weighted by molar-refractivity contribution is -0.119. The van der Waals surface area contributed by atoms with Crippen molar-refractivity contribution in [1.29, 1.82) is 0 Å². The average Bonchev–Trinajstić information content (AvgIpc) is 3.46. The van der Waals surface area contributed by atoms with E-state index in [0.717, 1.165) is 41.4 Å². The van der Waals surface area contributed by atoms with E-state index < -0.39 is 0 Å². The number of Topliss-reactive ketones (excluding diaryl/α,β-unsaturated/α-hetero) is 1. The molecule has 0 amide bonds. The van der Waals surface area contributed by atoms with Gasteiger partial charge >= 0.3 is 0 Å². The Labute approximate surface area is 169 Å². The number of amidine groups is 1. The van der Waals surface area contributed by atoms with Crippen LogP contribution in [0, 0.1) is 5.92 Å². The molecule has 7 heteroatoms. The smallest absolute Gasteiger partial charge is 0.232 e. The van der Waals surface area contributed by atoms with E-state index in [0.29, 0.717) is 35.8 Å². The van der Waals surface area contributed by atoms with Crippen molar-refractivity contribution in [2.24, 2.45) is 10.9 Å². The number of anilines is 1. The minimum atomic E-state index is 0.306. The molecule has 28 heavy (non-hydrogen) atoms. The predicted octanol–water partition coefficient (Wildman–Crippen LogP) is 3.88. The van der Waals surface area contributed by atoms with Crippen molar-refractivity contribution in [2.75, 3.05) is 11.9 Å². The highest BCUT2D eigenvalue weighted by molar-refractivity contribution is 7.99. The van der Waals surface area contributed by atoms with Crippen LogP contribution in [-0.2, 0) is 17.6 Å². The van der Waals surface area contributed by atoms with Crippen molar-refractivity contribution in [3.63, 3.8) is 0 Å². The third-order valence-corrected chi connectivity index (χ3v) is 5.52. The van der Waals surface area contributed by atoms with Gasteiger partial charge in [-0.2, -0.15) is 9.97 Å². The standard InChI is InChI=1S/C21H23N5OS/c1-3-18-23-20(24-19-10-13(2)12-22-19)26-21(25-18)28-16-8-4-14(5-9-16)11-17(27)15-6-7-15/h4-5,8-10,15H,3,6-7,11-12H2,1-2H3,(H,22,23,24,25,26). The van der Waals surface area contributed by atoms with Crippen LogP contribution in [-0.4, -0.2) is 33.1 Å². The fourth-order valence-electron chi connectivity index (χ4n) is 2.91. The summed E-state index contributed by atoms with van der Waals surface area (Å²) in [4.78, 5) is 30.9. The van der Waals surface area contributed by atoms with Gasteiger partial charge in [0.25, 0.3) is 0 Å². The summed E-state index contributed by atoms with van der Waals surface area (Å²) in [7, 11) is 0. The average molecular weight is 394 g/mol. The third kappa shape index (κ3) is 4.84. The first-order valence-electron chi connectivity index (χ1n) is 9.62. The Kier molecular flexibility index (Phi) is 5.52. The molecule has 2 aromatic rings. The second kappa shape index (κ2) is 8.22. The molecule has 1 aromatic heterocycles. The number of nitrogens with one attached hydrogen (secondary N) is 1. The number of carbonyl (C=O) groups excluding carboxylic acids is 1. The lowest BCUT2D eigenvalue weighted by atomic mass is 10.1. The van der Waals surface area contributed by atoms with Crippen LogP contribution in [0.2, 0.25) is 0 Å². The number of aromatic nitrogens is 3. The Bertz CT molecular complexity index is 948. The summed E-state index contributed by atoms with van der Waals surface area (Å²) in [5.74, 6) is 2.71. The molecule has 1 fully saturated rings. The quantitative estimate of drug-likeness (QED) is 0.769. The molecule has 0 unspecified atom stereocenters. The van der Waals surface area contributed by atoms with Crippen LogP contribution >= 0.6 is 11.8 Å². The number of hydrogen-bond acceptors (Lipinski definition) is 7.